The van der Waals surface area contributed by atoms with E-state index in [-0.39, 0.29) is 73.4 Å². The van der Waals surface area contributed by atoms with E-state index in [1.54, 1.807) is 30.7 Å². The van der Waals surface area contributed by atoms with Gasteiger partial charge in [0.2, 0.25) is 0 Å². The number of likely N-dealkylation sites (N-methyl/N-ethyl adjacent to an activating group) is 4. The molecular weight excluding hydrogens is 1100 g/mol. The van der Waals surface area contributed by atoms with Crippen LogP contribution in [-0.2, 0) is 13.0 Å². The quantitative estimate of drug-likeness (QED) is 0.193. The molecule has 448 valence electrons. The van der Waals surface area contributed by atoms with E-state index < -0.39 is 5.97 Å². The molecule has 9 heterocycles. The molecule has 0 radical (unpaired) electrons. The third-order valence-electron chi connectivity index (χ3n) is 16.6. The summed E-state index contributed by atoms with van der Waals surface area (Å²) in [5.74, 6) is 2.50. The number of hydrogen-bond acceptors (Lipinski definition) is 16. The second-order valence-electron chi connectivity index (χ2n) is 22.3. The third kappa shape index (κ3) is 16.4. The number of rotatable bonds is 8. The maximum atomic E-state index is 11.5. The zero-order valence-electron chi connectivity index (χ0n) is 51.2. The van der Waals surface area contributed by atoms with Gasteiger partial charge in [0.25, 0.3) is 0 Å². The molecule has 4 atom stereocenters. The summed E-state index contributed by atoms with van der Waals surface area (Å²) in [5, 5.41) is 28.3. The first-order chi connectivity index (χ1) is 41.1. The van der Waals surface area contributed by atoms with Gasteiger partial charge >= 0.3 is 24.8 Å². The number of aromatic nitrogens is 4. The van der Waals surface area contributed by atoms with Crippen molar-refractivity contribution in [2.45, 2.75) is 37.2 Å². The van der Waals surface area contributed by atoms with Crippen LogP contribution in [0.5, 0.6) is 0 Å². The van der Waals surface area contributed by atoms with Gasteiger partial charge < -0.3 is 56.3 Å². The Morgan fingerprint density at radius 2 is 0.862 bits per heavy atom. The standard InChI is InChI=1S/C17H18N4.C17H19N3O2.C17H21N3O.C17H19N3.Al.Li.H2O.4H/c1-20-10-11-21(17-15(12-18)8-5-9-19-17)16(13-20)14-6-3-2-4-7-14;1-19-10-11-20(15(12-19)13-6-3-2-4-7-13)16-14(17(21)22)8-5-9-18-16;1-19-10-11-20(17-15(13-21)8-5-9-18-17)16(12-19)14-6-3-2-4-7-14;1-19-9-10-20-16(12-19)15-7-3-2-5-13(15)11-14-6-4-8-18-17(14)20;;;;;;;/h2-9,16H,10-11,13H2,1H3;2-9,15H,10-12H2,1H3,(H,21,22);2-9,16,21H,10-13H2,1H3;2-8,16H,9-12H2,1H3;;;1H2;;;;/q;;;;;+1;;;;;-1/p-1. The average Bonchev–Trinajstić information content (AvgIpc) is 2.23. The number of benzene rings is 4. The van der Waals surface area contributed by atoms with Crippen molar-refractivity contribution in [1.82, 2.24) is 39.5 Å². The number of anilines is 4. The maximum absolute atomic E-state index is 11.5. The van der Waals surface area contributed by atoms with Crippen LogP contribution >= 0.6 is 0 Å². The second-order valence-corrected chi connectivity index (χ2v) is 22.3. The Morgan fingerprint density at radius 3 is 1.36 bits per heavy atom. The topological polar surface area (TPSA) is 189 Å². The molecule has 0 spiro atoms. The number of aromatic carboxylic acids is 1. The Hall–Kier alpha value is -7.47. The van der Waals surface area contributed by atoms with Crippen LogP contribution in [0.25, 0.3) is 0 Å². The summed E-state index contributed by atoms with van der Waals surface area (Å²) < 4.78 is 0. The third-order valence-corrected chi connectivity index (χ3v) is 16.6. The van der Waals surface area contributed by atoms with Gasteiger partial charge in [0.05, 0.1) is 36.3 Å². The summed E-state index contributed by atoms with van der Waals surface area (Å²) in [5.41, 5.74) is 9.79. The molecule has 0 bridgehead atoms. The first-order valence-electron chi connectivity index (χ1n) is 29.1. The predicted molar refractivity (Wildman–Crippen MR) is 346 cm³/mol. The van der Waals surface area contributed by atoms with Crippen molar-refractivity contribution in [3.05, 3.63) is 239 Å². The molecule has 4 saturated heterocycles. The van der Waals surface area contributed by atoms with Crippen molar-refractivity contribution in [1.29, 1.82) is 5.26 Å². The summed E-state index contributed by atoms with van der Waals surface area (Å²) in [4.78, 5) is 48.0. The van der Waals surface area contributed by atoms with Crippen LogP contribution in [0.3, 0.4) is 0 Å². The van der Waals surface area contributed by atoms with Crippen molar-refractivity contribution in [3.63, 3.8) is 0 Å². The molecule has 5 aliphatic heterocycles. The monoisotopic (exact) mass is 1180 g/mol. The Bertz CT molecular complexity index is 3470. The minimum absolute atomic E-state index is 0. The van der Waals surface area contributed by atoms with Crippen molar-refractivity contribution in [2.24, 2.45) is 0 Å². The van der Waals surface area contributed by atoms with E-state index in [1.807, 2.05) is 60.8 Å². The van der Waals surface area contributed by atoms with Gasteiger partial charge in [0.1, 0.15) is 34.9 Å². The molecule has 3 N–H and O–H groups in total. The van der Waals surface area contributed by atoms with Crippen molar-refractivity contribution in [3.8, 4) is 6.07 Å². The Morgan fingerprint density at radius 1 is 0.483 bits per heavy atom. The predicted octanol–water partition coefficient (Wildman–Crippen LogP) is 5.02. The minimum Gasteiger partial charge on any atom is -1.00 e. The van der Waals surface area contributed by atoms with Crippen molar-refractivity contribution >= 4 is 46.6 Å². The van der Waals surface area contributed by atoms with Crippen LogP contribution < -0.4 is 38.5 Å². The van der Waals surface area contributed by atoms with Crippen LogP contribution in [0.4, 0.5) is 23.3 Å². The summed E-state index contributed by atoms with van der Waals surface area (Å²) >= 11 is 0. The zero-order valence-corrected chi connectivity index (χ0v) is 50.2. The van der Waals surface area contributed by atoms with Gasteiger partial charge in [-0.3, -0.25) is 0 Å². The van der Waals surface area contributed by atoms with Gasteiger partial charge in [-0.1, -0.05) is 127 Å². The molecule has 8 aromatic rings. The number of fused-ring (bicyclic) bond motifs is 5. The number of carboxylic acid groups (broad SMARTS) is 1. The summed E-state index contributed by atoms with van der Waals surface area (Å²) in [6, 6.07) is 58.3. The largest absolute Gasteiger partial charge is 1.00 e. The molecule has 13 rings (SSSR count). The minimum atomic E-state index is -0.936. The molecular formula is C68H82AlLiN13O4-. The number of aliphatic hydroxyl groups is 1. The summed E-state index contributed by atoms with van der Waals surface area (Å²) in [6.07, 6.45) is 8.13. The Balaban J connectivity index is 0.000000184. The van der Waals surface area contributed by atoms with Crippen molar-refractivity contribution < 1.29 is 40.8 Å². The van der Waals surface area contributed by atoms with E-state index in [9.17, 15) is 20.3 Å². The van der Waals surface area contributed by atoms with E-state index in [0.29, 0.717) is 17.4 Å². The summed E-state index contributed by atoms with van der Waals surface area (Å²) in [6.45, 7) is 11.4. The Kier molecular flexibility index (Phi) is 25.0. The van der Waals surface area contributed by atoms with Gasteiger partial charge in [-0.2, -0.15) is 5.26 Å². The molecule has 0 aliphatic carbocycles. The fraction of sp³-hybridized carbons (Fsp3) is 0.324. The molecule has 19 heteroatoms. The molecule has 4 aromatic heterocycles. The van der Waals surface area contributed by atoms with Crippen molar-refractivity contribution in [2.75, 3.05) is 126 Å². The molecule has 0 amide bonds. The summed E-state index contributed by atoms with van der Waals surface area (Å²) in [7, 11) is 8.59. The fourth-order valence-corrected chi connectivity index (χ4v) is 12.2. The maximum Gasteiger partial charge on any atom is 1.00 e. The molecule has 87 heavy (non-hydrogen) atoms. The van der Waals surface area contributed by atoms with Crippen LogP contribution in [0, 0.1) is 11.3 Å². The molecule has 4 fully saturated rings. The fourth-order valence-electron chi connectivity index (χ4n) is 12.2. The first kappa shape index (κ1) is 67.0. The van der Waals surface area contributed by atoms with E-state index in [4.69, 9.17) is 0 Å². The average molecular weight is 1180 g/mol. The number of aliphatic hydroxyl groups excluding tert-OH is 1. The van der Waals surface area contributed by atoms with Gasteiger partial charge in [0.15, 0.2) is 17.4 Å². The second kappa shape index (κ2) is 32.5. The molecule has 4 unspecified atom stereocenters. The van der Waals surface area contributed by atoms with Crippen LogP contribution in [0.2, 0.25) is 0 Å². The number of carbonyl (C=O) groups is 1. The SMILES string of the molecule is CN1CCN(c2ncccc2C#N)C(c2ccccc2)C1.CN1CCN(c2ncccc2C(=O)O)C(c2ccccc2)C1.CN1CCN(c2ncccc2CO)C(c2ccccc2)C1.CN1CCN2c3ncccc3Cc3ccccc3C2C1.[AlH3].[H-].[Li+].[OH-]. The number of carboxylic acids is 1. The van der Waals surface area contributed by atoms with E-state index in [0.717, 1.165) is 102 Å². The molecule has 4 aromatic carbocycles. The molecule has 5 aliphatic rings. The van der Waals surface area contributed by atoms with Gasteiger partial charge in [0, 0.05) is 115 Å². The number of piperazine rings is 4. The van der Waals surface area contributed by atoms with Crippen LogP contribution in [0.1, 0.15) is 80.5 Å². The normalized spacial score (nSPS) is 19.2. The van der Waals surface area contributed by atoms with Crippen LogP contribution in [0.15, 0.2) is 189 Å². The number of hydrogen-bond donors (Lipinski definition) is 2. The number of pyridine rings is 4. The molecule has 0 saturated carbocycles. The number of nitriles is 1. The number of nitrogens with zero attached hydrogens (tertiary/aromatic N) is 13. The Labute approximate surface area is 537 Å². The van der Waals surface area contributed by atoms with Gasteiger partial charge in [-0.25, -0.2) is 24.7 Å². The van der Waals surface area contributed by atoms with E-state index in [1.165, 1.54) is 39.2 Å². The first-order valence-corrected chi connectivity index (χ1v) is 29.1. The van der Waals surface area contributed by atoms with Gasteiger partial charge in [-0.15, -0.1) is 0 Å². The van der Waals surface area contributed by atoms with E-state index in [2.05, 4.69) is 190 Å². The van der Waals surface area contributed by atoms with Crippen LogP contribution in [-0.4, -0.2) is 185 Å². The smallest absolute Gasteiger partial charge is 1.00 e. The van der Waals surface area contributed by atoms with E-state index >= 15 is 0 Å². The molecule has 17 nitrogen and oxygen atoms in total. The van der Waals surface area contributed by atoms with Gasteiger partial charge in [-0.05, 0) is 98.0 Å². The zero-order chi connectivity index (χ0) is 58.4.